The average Bonchev–Trinajstić information content (AvgIpc) is 2.22. The molecule has 16 heavy (non-hydrogen) atoms. The van der Waals surface area contributed by atoms with Crippen molar-refractivity contribution in [3.05, 3.63) is 0 Å². The monoisotopic (exact) mass is 230 g/mol. The third-order valence-corrected chi connectivity index (χ3v) is 2.31. The molecule has 0 saturated heterocycles. The first-order chi connectivity index (χ1) is 7.66. The molecular formula is C13H30N2O. The fourth-order valence-corrected chi connectivity index (χ4v) is 1.43. The standard InChI is InChI=1S/C13H30N2O/c1-5-8-16-9-6-7-15-13(4)11-14-10-12(2)3/h12-15H,5-11H2,1-4H3. The van der Waals surface area contributed by atoms with Crippen LogP contribution in [0.5, 0.6) is 0 Å². The van der Waals surface area contributed by atoms with Crippen LogP contribution in [0.3, 0.4) is 0 Å². The molecule has 2 N–H and O–H groups in total. The van der Waals surface area contributed by atoms with E-state index >= 15 is 0 Å². The molecule has 0 rings (SSSR count). The average molecular weight is 230 g/mol. The highest BCUT2D eigenvalue weighted by molar-refractivity contribution is 4.64. The summed E-state index contributed by atoms with van der Waals surface area (Å²) >= 11 is 0. The van der Waals surface area contributed by atoms with Crippen molar-refractivity contribution in [3.63, 3.8) is 0 Å². The van der Waals surface area contributed by atoms with Crippen LogP contribution in [-0.2, 0) is 4.74 Å². The molecule has 3 nitrogen and oxygen atoms in total. The summed E-state index contributed by atoms with van der Waals surface area (Å²) in [5.41, 5.74) is 0. The maximum Gasteiger partial charge on any atom is 0.0478 e. The van der Waals surface area contributed by atoms with Gasteiger partial charge in [0.25, 0.3) is 0 Å². The highest BCUT2D eigenvalue weighted by Crippen LogP contribution is 1.88. The third kappa shape index (κ3) is 12.0. The van der Waals surface area contributed by atoms with Crippen LogP contribution < -0.4 is 10.6 Å². The Kier molecular flexibility index (Phi) is 11.3. The van der Waals surface area contributed by atoms with Gasteiger partial charge in [0.1, 0.15) is 0 Å². The lowest BCUT2D eigenvalue weighted by molar-refractivity contribution is 0.131. The number of hydrogen-bond acceptors (Lipinski definition) is 3. The van der Waals surface area contributed by atoms with Crippen LogP contribution in [0.15, 0.2) is 0 Å². The van der Waals surface area contributed by atoms with Crippen molar-refractivity contribution in [3.8, 4) is 0 Å². The molecule has 0 bridgehead atoms. The highest BCUT2D eigenvalue weighted by Gasteiger charge is 2.00. The first-order valence-electron chi connectivity index (χ1n) is 6.68. The topological polar surface area (TPSA) is 33.3 Å². The molecule has 0 amide bonds. The van der Waals surface area contributed by atoms with E-state index in [1.807, 2.05) is 0 Å². The van der Waals surface area contributed by atoms with Crippen molar-refractivity contribution in [1.29, 1.82) is 0 Å². The lowest BCUT2D eigenvalue weighted by Gasteiger charge is -2.15. The normalized spacial score (nSPS) is 13.3. The minimum atomic E-state index is 0.546. The Labute approximate surface area is 101 Å². The minimum absolute atomic E-state index is 0.546. The maximum absolute atomic E-state index is 5.42. The van der Waals surface area contributed by atoms with Crippen molar-refractivity contribution >= 4 is 0 Å². The van der Waals surface area contributed by atoms with E-state index in [9.17, 15) is 0 Å². The van der Waals surface area contributed by atoms with Crippen molar-refractivity contribution in [1.82, 2.24) is 10.6 Å². The van der Waals surface area contributed by atoms with Gasteiger partial charge in [0.05, 0.1) is 0 Å². The van der Waals surface area contributed by atoms with Gasteiger partial charge in [0.2, 0.25) is 0 Å². The summed E-state index contributed by atoms with van der Waals surface area (Å²) in [6.45, 7) is 13.8. The van der Waals surface area contributed by atoms with Gasteiger partial charge in [-0.1, -0.05) is 20.8 Å². The van der Waals surface area contributed by atoms with Gasteiger partial charge in [-0.15, -0.1) is 0 Å². The number of rotatable bonds is 11. The molecule has 0 aliphatic carbocycles. The zero-order valence-electron chi connectivity index (χ0n) is 11.5. The second kappa shape index (κ2) is 11.4. The molecule has 3 heteroatoms. The molecule has 0 aromatic rings. The van der Waals surface area contributed by atoms with Gasteiger partial charge in [-0.3, -0.25) is 0 Å². The van der Waals surface area contributed by atoms with Crippen molar-refractivity contribution < 1.29 is 4.74 Å². The molecule has 0 fully saturated rings. The Hall–Kier alpha value is -0.120. The molecule has 0 aliphatic heterocycles. The third-order valence-electron chi connectivity index (χ3n) is 2.31. The summed E-state index contributed by atoms with van der Waals surface area (Å²) in [6.07, 6.45) is 2.22. The van der Waals surface area contributed by atoms with E-state index in [1.165, 1.54) is 0 Å². The van der Waals surface area contributed by atoms with Crippen molar-refractivity contribution in [2.75, 3.05) is 32.8 Å². The van der Waals surface area contributed by atoms with E-state index in [1.54, 1.807) is 0 Å². The van der Waals surface area contributed by atoms with Crippen LogP contribution >= 0.6 is 0 Å². The predicted molar refractivity (Wildman–Crippen MR) is 70.9 cm³/mol. The molecule has 0 aliphatic rings. The van der Waals surface area contributed by atoms with Gasteiger partial charge in [-0.2, -0.15) is 0 Å². The van der Waals surface area contributed by atoms with E-state index < -0.39 is 0 Å². The Morgan fingerprint density at radius 2 is 1.81 bits per heavy atom. The van der Waals surface area contributed by atoms with Crippen molar-refractivity contribution in [2.24, 2.45) is 5.92 Å². The summed E-state index contributed by atoms with van der Waals surface area (Å²) in [4.78, 5) is 0. The van der Waals surface area contributed by atoms with Gasteiger partial charge < -0.3 is 15.4 Å². The van der Waals surface area contributed by atoms with Gasteiger partial charge in [-0.25, -0.2) is 0 Å². The molecular weight excluding hydrogens is 200 g/mol. The molecule has 0 heterocycles. The lowest BCUT2D eigenvalue weighted by atomic mass is 10.2. The molecule has 98 valence electrons. The van der Waals surface area contributed by atoms with E-state index in [-0.39, 0.29) is 0 Å². The van der Waals surface area contributed by atoms with Crippen LogP contribution in [0.25, 0.3) is 0 Å². The second-order valence-electron chi connectivity index (χ2n) is 4.87. The summed E-state index contributed by atoms with van der Waals surface area (Å²) in [7, 11) is 0. The van der Waals surface area contributed by atoms with E-state index in [4.69, 9.17) is 4.74 Å². The van der Waals surface area contributed by atoms with Gasteiger partial charge >= 0.3 is 0 Å². The smallest absolute Gasteiger partial charge is 0.0478 e. The molecule has 0 spiro atoms. The summed E-state index contributed by atoms with van der Waals surface area (Å²) < 4.78 is 5.42. The first-order valence-corrected chi connectivity index (χ1v) is 6.68. The van der Waals surface area contributed by atoms with Gasteiger partial charge in [0.15, 0.2) is 0 Å². The zero-order valence-corrected chi connectivity index (χ0v) is 11.5. The second-order valence-corrected chi connectivity index (χ2v) is 4.87. The first kappa shape index (κ1) is 15.9. The Balaban J connectivity index is 3.14. The Morgan fingerprint density at radius 1 is 1.06 bits per heavy atom. The van der Waals surface area contributed by atoms with Crippen LogP contribution in [0, 0.1) is 5.92 Å². The SMILES string of the molecule is CCCOCCCNC(C)CNCC(C)C. The Morgan fingerprint density at radius 3 is 2.44 bits per heavy atom. The fourth-order valence-electron chi connectivity index (χ4n) is 1.43. The molecule has 0 aromatic heterocycles. The van der Waals surface area contributed by atoms with Crippen LogP contribution in [0.1, 0.15) is 40.5 Å². The van der Waals surface area contributed by atoms with Crippen LogP contribution in [-0.4, -0.2) is 38.9 Å². The number of nitrogens with one attached hydrogen (secondary N) is 2. The Bertz CT molecular complexity index is 140. The van der Waals surface area contributed by atoms with E-state index in [0.29, 0.717) is 6.04 Å². The zero-order chi connectivity index (χ0) is 12.2. The quantitative estimate of drug-likeness (QED) is 0.533. The lowest BCUT2D eigenvalue weighted by Crippen LogP contribution is -2.38. The minimum Gasteiger partial charge on any atom is -0.381 e. The van der Waals surface area contributed by atoms with Crippen LogP contribution in [0.4, 0.5) is 0 Å². The summed E-state index contributed by atoms with van der Waals surface area (Å²) in [5.74, 6) is 0.731. The number of ether oxygens (including phenoxy) is 1. The van der Waals surface area contributed by atoms with Crippen LogP contribution in [0.2, 0.25) is 0 Å². The molecule has 1 atom stereocenters. The van der Waals surface area contributed by atoms with E-state index in [0.717, 1.165) is 51.6 Å². The number of hydrogen-bond donors (Lipinski definition) is 2. The fraction of sp³-hybridized carbons (Fsp3) is 1.00. The highest BCUT2D eigenvalue weighted by atomic mass is 16.5. The predicted octanol–water partition coefficient (Wildman–Crippen LogP) is 2.03. The maximum atomic E-state index is 5.42. The molecule has 1 unspecified atom stereocenters. The summed E-state index contributed by atoms with van der Waals surface area (Å²) in [5, 5.41) is 6.94. The largest absolute Gasteiger partial charge is 0.381 e. The molecule has 0 aromatic carbocycles. The van der Waals surface area contributed by atoms with Gasteiger partial charge in [0, 0.05) is 25.8 Å². The van der Waals surface area contributed by atoms with E-state index in [2.05, 4.69) is 38.3 Å². The molecule has 0 radical (unpaired) electrons. The van der Waals surface area contributed by atoms with Gasteiger partial charge in [-0.05, 0) is 38.8 Å². The molecule has 0 saturated carbocycles. The van der Waals surface area contributed by atoms with Crippen molar-refractivity contribution in [2.45, 2.75) is 46.6 Å². The summed E-state index contributed by atoms with van der Waals surface area (Å²) in [6, 6.07) is 0.546.